The fraction of sp³-hybridized carbons (Fsp3) is 0.500. The number of carbonyl (C=O) groups excluding carboxylic acids is 2. The molecule has 1 fully saturated rings. The van der Waals surface area contributed by atoms with Gasteiger partial charge in [0.15, 0.2) is 0 Å². The average molecular weight is 321 g/mol. The van der Waals surface area contributed by atoms with Gasteiger partial charge in [-0.1, -0.05) is 0 Å². The van der Waals surface area contributed by atoms with E-state index < -0.39 is 11.4 Å². The van der Waals surface area contributed by atoms with Gasteiger partial charge in [-0.3, -0.25) is 9.59 Å². The van der Waals surface area contributed by atoms with E-state index in [0.29, 0.717) is 44.5 Å². The van der Waals surface area contributed by atoms with E-state index in [2.05, 4.69) is 16.0 Å². The predicted molar refractivity (Wildman–Crippen MR) is 83.8 cm³/mol. The van der Waals surface area contributed by atoms with Crippen LogP contribution in [0, 0.1) is 5.82 Å². The van der Waals surface area contributed by atoms with Crippen molar-refractivity contribution in [1.29, 1.82) is 0 Å². The van der Waals surface area contributed by atoms with E-state index in [1.165, 1.54) is 19.2 Å². The van der Waals surface area contributed by atoms with E-state index in [-0.39, 0.29) is 17.5 Å². The van der Waals surface area contributed by atoms with Crippen molar-refractivity contribution in [2.45, 2.75) is 31.3 Å². The summed E-state index contributed by atoms with van der Waals surface area (Å²) in [6.07, 6.45) is 1.90. The summed E-state index contributed by atoms with van der Waals surface area (Å²) in [5.41, 5.74) is 0.403. The minimum absolute atomic E-state index is 0.0610. The Balaban J connectivity index is 1.83. The van der Waals surface area contributed by atoms with Gasteiger partial charge in [-0.05, 0) is 50.0 Å². The Morgan fingerprint density at radius 1 is 1.30 bits per heavy atom. The van der Waals surface area contributed by atoms with Crippen molar-refractivity contribution in [3.63, 3.8) is 0 Å². The number of benzene rings is 1. The van der Waals surface area contributed by atoms with E-state index in [4.69, 9.17) is 4.74 Å². The van der Waals surface area contributed by atoms with Gasteiger partial charge in [-0.25, -0.2) is 4.39 Å². The maximum absolute atomic E-state index is 14.3. The molecule has 124 valence electrons. The summed E-state index contributed by atoms with van der Waals surface area (Å²) in [7, 11) is 1.49. The normalized spacial score (nSPS) is 19.7. The number of amides is 2. The van der Waals surface area contributed by atoms with E-state index >= 15 is 0 Å². The van der Waals surface area contributed by atoms with E-state index in [9.17, 15) is 14.0 Å². The summed E-state index contributed by atoms with van der Waals surface area (Å²) in [6, 6.07) is 2.84. The van der Waals surface area contributed by atoms with Crippen LogP contribution in [0.5, 0.6) is 0 Å². The van der Waals surface area contributed by atoms with Crippen molar-refractivity contribution in [3.05, 3.63) is 23.5 Å². The molecule has 7 heteroatoms. The van der Waals surface area contributed by atoms with Gasteiger partial charge in [0.05, 0.1) is 5.69 Å². The molecule has 1 saturated heterocycles. The Labute approximate surface area is 133 Å². The van der Waals surface area contributed by atoms with Crippen molar-refractivity contribution in [2.24, 2.45) is 0 Å². The molecule has 0 spiro atoms. The monoisotopic (exact) mass is 321 g/mol. The summed E-state index contributed by atoms with van der Waals surface area (Å²) >= 11 is 0. The van der Waals surface area contributed by atoms with Crippen LogP contribution in [0.4, 0.5) is 15.8 Å². The fourth-order valence-corrected chi connectivity index (χ4v) is 3.09. The van der Waals surface area contributed by atoms with Crippen LogP contribution in [-0.2, 0) is 20.7 Å². The highest BCUT2D eigenvalue weighted by atomic mass is 19.1. The van der Waals surface area contributed by atoms with Crippen molar-refractivity contribution in [2.75, 3.05) is 30.8 Å². The van der Waals surface area contributed by atoms with E-state index in [1.54, 1.807) is 0 Å². The number of aryl methyl sites for hydroxylation is 1. The number of anilines is 2. The minimum Gasteiger partial charge on any atom is -0.368 e. The maximum Gasteiger partial charge on any atom is 0.256 e. The summed E-state index contributed by atoms with van der Waals surface area (Å²) in [6.45, 7) is 1.34. The molecule has 2 aliphatic heterocycles. The number of fused-ring (bicyclic) bond motifs is 1. The number of rotatable bonds is 3. The zero-order valence-electron chi connectivity index (χ0n) is 13.0. The predicted octanol–water partition coefficient (Wildman–Crippen LogP) is 1.42. The third kappa shape index (κ3) is 3.07. The number of halogens is 1. The standard InChI is InChI=1S/C16H20FN3O3/c1-23-16(4-6-18-7-5-16)15(22)20-13-9-12-10(8-11(13)17)2-3-14(21)19-12/h8-9,18H,2-7H2,1H3,(H,19,21)(H,20,22). The molecular weight excluding hydrogens is 301 g/mol. The molecule has 2 aliphatic rings. The first-order valence-corrected chi connectivity index (χ1v) is 7.74. The first kappa shape index (κ1) is 15.9. The van der Waals surface area contributed by atoms with Gasteiger partial charge in [0.2, 0.25) is 5.91 Å². The average Bonchev–Trinajstić information content (AvgIpc) is 2.56. The highest BCUT2D eigenvalue weighted by Gasteiger charge is 2.40. The number of hydrogen-bond acceptors (Lipinski definition) is 4. The molecule has 6 nitrogen and oxygen atoms in total. The van der Waals surface area contributed by atoms with Crippen molar-refractivity contribution < 1.29 is 18.7 Å². The first-order chi connectivity index (χ1) is 11.0. The lowest BCUT2D eigenvalue weighted by atomic mass is 9.91. The van der Waals surface area contributed by atoms with Gasteiger partial charge in [-0.15, -0.1) is 0 Å². The molecule has 1 aromatic rings. The molecule has 2 amide bonds. The smallest absolute Gasteiger partial charge is 0.256 e. The molecule has 2 heterocycles. The van der Waals surface area contributed by atoms with Gasteiger partial charge in [0, 0.05) is 19.2 Å². The quantitative estimate of drug-likeness (QED) is 0.787. The Morgan fingerprint density at radius 3 is 2.74 bits per heavy atom. The zero-order valence-corrected chi connectivity index (χ0v) is 13.0. The number of nitrogens with one attached hydrogen (secondary N) is 3. The van der Waals surface area contributed by atoms with Crippen LogP contribution in [0.1, 0.15) is 24.8 Å². The molecule has 0 atom stereocenters. The molecule has 0 radical (unpaired) electrons. The lowest BCUT2D eigenvalue weighted by molar-refractivity contribution is -0.140. The van der Waals surface area contributed by atoms with Crippen LogP contribution in [0.25, 0.3) is 0 Å². The number of methoxy groups -OCH3 is 1. The Bertz CT molecular complexity index is 642. The molecule has 0 saturated carbocycles. The first-order valence-electron chi connectivity index (χ1n) is 7.74. The third-order valence-electron chi connectivity index (χ3n) is 4.55. The van der Waals surface area contributed by atoms with Gasteiger partial charge in [-0.2, -0.15) is 0 Å². The molecule has 0 bridgehead atoms. The molecule has 23 heavy (non-hydrogen) atoms. The van der Waals surface area contributed by atoms with Gasteiger partial charge >= 0.3 is 0 Å². The highest BCUT2D eigenvalue weighted by Crippen LogP contribution is 2.30. The largest absolute Gasteiger partial charge is 0.368 e. The maximum atomic E-state index is 14.3. The molecule has 0 aliphatic carbocycles. The van der Waals surface area contributed by atoms with Crippen LogP contribution < -0.4 is 16.0 Å². The molecule has 3 N–H and O–H groups in total. The highest BCUT2D eigenvalue weighted by molar-refractivity contribution is 5.99. The van der Waals surface area contributed by atoms with Gasteiger partial charge in [0.1, 0.15) is 11.4 Å². The summed E-state index contributed by atoms with van der Waals surface area (Å²) in [4.78, 5) is 24.1. The van der Waals surface area contributed by atoms with Crippen LogP contribution in [0.3, 0.4) is 0 Å². The van der Waals surface area contributed by atoms with Crippen LogP contribution in [-0.4, -0.2) is 37.6 Å². The number of carbonyl (C=O) groups is 2. The van der Waals surface area contributed by atoms with Crippen LogP contribution in [0.2, 0.25) is 0 Å². The second-order valence-electron chi connectivity index (χ2n) is 5.94. The molecule has 0 aromatic heterocycles. The van der Waals surface area contributed by atoms with Gasteiger partial charge in [0.25, 0.3) is 5.91 Å². The van der Waals surface area contributed by atoms with E-state index in [1.807, 2.05) is 0 Å². The van der Waals surface area contributed by atoms with Crippen molar-refractivity contribution in [1.82, 2.24) is 5.32 Å². The molecule has 3 rings (SSSR count). The SMILES string of the molecule is COC1(C(=O)Nc2cc3c(cc2F)CCC(=O)N3)CCNCC1. The van der Waals surface area contributed by atoms with Crippen molar-refractivity contribution in [3.8, 4) is 0 Å². The van der Waals surface area contributed by atoms with E-state index in [0.717, 1.165) is 5.56 Å². The number of hydrogen-bond donors (Lipinski definition) is 3. The number of piperidine rings is 1. The Kier molecular flexibility index (Phi) is 4.32. The van der Waals surface area contributed by atoms with Gasteiger partial charge < -0.3 is 20.7 Å². The zero-order chi connectivity index (χ0) is 16.4. The topological polar surface area (TPSA) is 79.5 Å². The Morgan fingerprint density at radius 2 is 2.04 bits per heavy atom. The Hall–Kier alpha value is -1.99. The lowest BCUT2D eigenvalue weighted by Gasteiger charge is -2.34. The van der Waals surface area contributed by atoms with Crippen LogP contribution >= 0.6 is 0 Å². The molecule has 0 unspecified atom stereocenters. The second kappa shape index (κ2) is 6.25. The summed E-state index contributed by atoms with van der Waals surface area (Å²) in [5, 5.41) is 8.49. The second-order valence-corrected chi connectivity index (χ2v) is 5.94. The summed E-state index contributed by atoms with van der Waals surface area (Å²) in [5.74, 6) is -0.968. The lowest BCUT2D eigenvalue weighted by Crippen LogP contribution is -2.51. The third-order valence-corrected chi connectivity index (χ3v) is 4.55. The number of ether oxygens (including phenoxy) is 1. The fourth-order valence-electron chi connectivity index (χ4n) is 3.09. The molecule has 1 aromatic carbocycles. The minimum atomic E-state index is -0.948. The van der Waals surface area contributed by atoms with Crippen molar-refractivity contribution >= 4 is 23.2 Å². The summed E-state index contributed by atoms with van der Waals surface area (Å²) < 4.78 is 19.7. The molecular formula is C16H20FN3O3. The van der Waals surface area contributed by atoms with Crippen LogP contribution in [0.15, 0.2) is 12.1 Å².